The van der Waals surface area contributed by atoms with E-state index in [1.165, 1.54) is 6.07 Å². The zero-order chi connectivity index (χ0) is 14.9. The molecule has 3 nitrogen and oxygen atoms in total. The van der Waals surface area contributed by atoms with Crippen LogP contribution in [0.5, 0.6) is 0 Å². The molecule has 1 atom stereocenters. The number of halogens is 1. The lowest BCUT2D eigenvalue weighted by Crippen LogP contribution is -2.28. The minimum atomic E-state index is -0.126. The Morgan fingerprint density at radius 1 is 1.33 bits per heavy atom. The summed E-state index contributed by atoms with van der Waals surface area (Å²) in [6, 6.07) is 7.00. The predicted octanol–water partition coefficient (Wildman–Crippen LogP) is 2.92. The Kier molecular flexibility index (Phi) is 6.79. The van der Waals surface area contributed by atoms with Crippen molar-refractivity contribution in [2.24, 2.45) is 5.92 Å². The number of rotatable bonds is 9. The van der Waals surface area contributed by atoms with Crippen molar-refractivity contribution in [3.63, 3.8) is 0 Å². The standard InChI is InChI=1S/C16H21FN2OS/c1-20-8-6-18-12-13(11-16-19-7-9-21-16)10-14-4-2-3-5-15(14)17/h2-5,7,9,13,18H,6,8,10-12H2,1H3. The van der Waals surface area contributed by atoms with E-state index in [1.54, 1.807) is 24.5 Å². The summed E-state index contributed by atoms with van der Waals surface area (Å²) in [5.41, 5.74) is 0.771. The highest BCUT2D eigenvalue weighted by Crippen LogP contribution is 2.18. The topological polar surface area (TPSA) is 34.1 Å². The molecule has 1 aromatic heterocycles. The summed E-state index contributed by atoms with van der Waals surface area (Å²) in [5.74, 6) is 0.198. The van der Waals surface area contributed by atoms with Crippen molar-refractivity contribution >= 4 is 11.3 Å². The maximum Gasteiger partial charge on any atom is 0.126 e. The summed E-state index contributed by atoms with van der Waals surface area (Å²) in [7, 11) is 1.69. The molecule has 0 aliphatic rings. The van der Waals surface area contributed by atoms with E-state index in [-0.39, 0.29) is 5.82 Å². The van der Waals surface area contributed by atoms with Crippen molar-refractivity contribution in [2.75, 3.05) is 26.8 Å². The molecule has 0 amide bonds. The summed E-state index contributed by atoms with van der Waals surface area (Å²) in [4.78, 5) is 4.34. The van der Waals surface area contributed by atoms with Gasteiger partial charge in [0.1, 0.15) is 5.82 Å². The molecule has 0 saturated heterocycles. The van der Waals surface area contributed by atoms with Crippen LogP contribution in [0.2, 0.25) is 0 Å². The second-order valence-corrected chi connectivity index (χ2v) is 5.97. The molecule has 1 N–H and O–H groups in total. The van der Waals surface area contributed by atoms with Gasteiger partial charge in [-0.3, -0.25) is 0 Å². The number of thiazole rings is 1. The minimum absolute atomic E-state index is 0.126. The van der Waals surface area contributed by atoms with Crippen LogP contribution in [0.25, 0.3) is 0 Å². The first-order valence-electron chi connectivity index (χ1n) is 7.11. The lowest BCUT2D eigenvalue weighted by atomic mass is 9.96. The minimum Gasteiger partial charge on any atom is -0.383 e. The molecule has 0 saturated carbocycles. The van der Waals surface area contributed by atoms with Crippen molar-refractivity contribution < 1.29 is 9.13 Å². The van der Waals surface area contributed by atoms with Gasteiger partial charge in [0.15, 0.2) is 0 Å². The fourth-order valence-electron chi connectivity index (χ4n) is 2.27. The van der Waals surface area contributed by atoms with Crippen molar-refractivity contribution in [3.05, 3.63) is 52.2 Å². The van der Waals surface area contributed by atoms with Gasteiger partial charge in [-0.15, -0.1) is 11.3 Å². The van der Waals surface area contributed by atoms with E-state index in [0.717, 1.165) is 30.1 Å². The molecule has 21 heavy (non-hydrogen) atoms. The van der Waals surface area contributed by atoms with Crippen LogP contribution in [0.1, 0.15) is 10.6 Å². The van der Waals surface area contributed by atoms with E-state index < -0.39 is 0 Å². The Bertz CT molecular complexity index is 519. The summed E-state index contributed by atoms with van der Waals surface area (Å²) < 4.78 is 18.9. The lowest BCUT2D eigenvalue weighted by Gasteiger charge is -2.17. The monoisotopic (exact) mass is 308 g/mol. The van der Waals surface area contributed by atoms with Crippen LogP contribution >= 0.6 is 11.3 Å². The van der Waals surface area contributed by atoms with Crippen LogP contribution in [0.15, 0.2) is 35.8 Å². The van der Waals surface area contributed by atoms with Crippen LogP contribution < -0.4 is 5.32 Å². The molecule has 0 aliphatic heterocycles. The highest BCUT2D eigenvalue weighted by atomic mass is 32.1. The predicted molar refractivity (Wildman–Crippen MR) is 84.2 cm³/mol. The Labute approximate surface area is 129 Å². The average molecular weight is 308 g/mol. The summed E-state index contributed by atoms with van der Waals surface area (Å²) in [6.07, 6.45) is 3.40. The van der Waals surface area contributed by atoms with E-state index in [2.05, 4.69) is 10.3 Å². The maximum absolute atomic E-state index is 13.8. The number of benzene rings is 1. The van der Waals surface area contributed by atoms with E-state index >= 15 is 0 Å². The number of aromatic nitrogens is 1. The molecule has 0 fully saturated rings. The Balaban J connectivity index is 1.95. The van der Waals surface area contributed by atoms with Gasteiger partial charge < -0.3 is 10.1 Å². The normalized spacial score (nSPS) is 12.5. The van der Waals surface area contributed by atoms with Crippen LogP contribution in [0.3, 0.4) is 0 Å². The van der Waals surface area contributed by atoms with E-state index in [9.17, 15) is 4.39 Å². The zero-order valence-electron chi connectivity index (χ0n) is 12.2. The number of nitrogens with one attached hydrogen (secondary N) is 1. The smallest absolute Gasteiger partial charge is 0.126 e. The number of hydrogen-bond donors (Lipinski definition) is 1. The number of hydrogen-bond acceptors (Lipinski definition) is 4. The lowest BCUT2D eigenvalue weighted by molar-refractivity contribution is 0.197. The highest BCUT2D eigenvalue weighted by molar-refractivity contribution is 7.09. The molecular formula is C16H21FN2OS. The quantitative estimate of drug-likeness (QED) is 0.723. The number of nitrogens with zero attached hydrogens (tertiary/aromatic N) is 1. The Hall–Kier alpha value is -1.30. The van der Waals surface area contributed by atoms with E-state index in [0.29, 0.717) is 18.9 Å². The van der Waals surface area contributed by atoms with Gasteiger partial charge >= 0.3 is 0 Å². The van der Waals surface area contributed by atoms with Crippen molar-refractivity contribution in [3.8, 4) is 0 Å². The third kappa shape index (κ3) is 5.53. The summed E-state index contributed by atoms with van der Waals surface area (Å²) in [5, 5.41) is 6.45. The molecule has 2 aromatic rings. The fraction of sp³-hybridized carbons (Fsp3) is 0.438. The first-order valence-corrected chi connectivity index (χ1v) is 7.99. The SMILES string of the molecule is COCCNCC(Cc1nccs1)Cc1ccccc1F. The number of ether oxygens (including phenoxy) is 1. The van der Waals surface area contributed by atoms with Crippen LogP contribution in [0.4, 0.5) is 4.39 Å². The molecule has 0 spiro atoms. The second kappa shape index (κ2) is 8.87. The zero-order valence-corrected chi connectivity index (χ0v) is 13.0. The molecular weight excluding hydrogens is 287 g/mol. The second-order valence-electron chi connectivity index (χ2n) is 4.99. The molecule has 1 aromatic carbocycles. The van der Waals surface area contributed by atoms with E-state index in [4.69, 9.17) is 4.74 Å². The van der Waals surface area contributed by atoms with Gasteiger partial charge in [0.2, 0.25) is 0 Å². The number of methoxy groups -OCH3 is 1. The average Bonchev–Trinajstić information content (AvgIpc) is 2.99. The summed E-state index contributed by atoms with van der Waals surface area (Å²) in [6.45, 7) is 2.32. The maximum atomic E-state index is 13.8. The molecule has 5 heteroatoms. The van der Waals surface area contributed by atoms with Gasteiger partial charge in [-0.1, -0.05) is 18.2 Å². The van der Waals surface area contributed by atoms with Crippen molar-refractivity contribution in [2.45, 2.75) is 12.8 Å². The third-order valence-electron chi connectivity index (χ3n) is 3.33. The molecule has 0 radical (unpaired) electrons. The Morgan fingerprint density at radius 3 is 2.90 bits per heavy atom. The van der Waals surface area contributed by atoms with Gasteiger partial charge in [-0.2, -0.15) is 0 Å². The van der Waals surface area contributed by atoms with Gasteiger partial charge in [0.05, 0.1) is 11.6 Å². The van der Waals surface area contributed by atoms with Crippen molar-refractivity contribution in [1.29, 1.82) is 0 Å². The van der Waals surface area contributed by atoms with Gasteiger partial charge in [0.25, 0.3) is 0 Å². The molecule has 0 aliphatic carbocycles. The van der Waals surface area contributed by atoms with Gasteiger partial charge in [-0.25, -0.2) is 9.37 Å². The highest BCUT2D eigenvalue weighted by Gasteiger charge is 2.14. The first-order chi connectivity index (χ1) is 10.3. The molecule has 1 unspecified atom stereocenters. The Morgan fingerprint density at radius 2 is 2.19 bits per heavy atom. The molecule has 1 heterocycles. The fourth-order valence-corrected chi connectivity index (χ4v) is 3.01. The van der Waals surface area contributed by atoms with Gasteiger partial charge in [-0.05, 0) is 30.5 Å². The first kappa shape index (κ1) is 16.1. The largest absolute Gasteiger partial charge is 0.383 e. The van der Waals surface area contributed by atoms with Gasteiger partial charge in [0, 0.05) is 31.7 Å². The summed E-state index contributed by atoms with van der Waals surface area (Å²) >= 11 is 1.65. The molecule has 2 rings (SSSR count). The molecule has 0 bridgehead atoms. The molecule has 114 valence electrons. The van der Waals surface area contributed by atoms with Crippen LogP contribution in [0, 0.1) is 11.7 Å². The third-order valence-corrected chi connectivity index (χ3v) is 4.13. The van der Waals surface area contributed by atoms with E-state index in [1.807, 2.05) is 23.7 Å². The van der Waals surface area contributed by atoms with Crippen LogP contribution in [-0.4, -0.2) is 31.8 Å². The van der Waals surface area contributed by atoms with Crippen molar-refractivity contribution in [1.82, 2.24) is 10.3 Å². The van der Waals surface area contributed by atoms with Crippen LogP contribution in [-0.2, 0) is 17.6 Å².